The van der Waals surface area contributed by atoms with E-state index in [9.17, 15) is 4.39 Å². The number of rotatable bonds is 4. The van der Waals surface area contributed by atoms with Crippen molar-refractivity contribution in [3.63, 3.8) is 0 Å². The summed E-state index contributed by atoms with van der Waals surface area (Å²) in [5.74, 6) is -0.460. The molecule has 0 saturated carbocycles. The van der Waals surface area contributed by atoms with Gasteiger partial charge in [-0.2, -0.15) is 0 Å². The summed E-state index contributed by atoms with van der Waals surface area (Å²) in [6.45, 7) is 2.06. The summed E-state index contributed by atoms with van der Waals surface area (Å²) < 4.78 is 13.3. The molecule has 3 aromatic carbocycles. The van der Waals surface area contributed by atoms with Crippen LogP contribution in [-0.2, 0) is 0 Å². The van der Waals surface area contributed by atoms with Crippen LogP contribution in [0.25, 0.3) is 0 Å². The highest BCUT2D eigenvalue weighted by Gasteiger charge is 2.15. The van der Waals surface area contributed by atoms with E-state index in [2.05, 4.69) is 47.9 Å². The highest BCUT2D eigenvalue weighted by Crippen LogP contribution is 2.24. The number of thiocarbonyl (C=S) groups is 1. The Morgan fingerprint density at radius 3 is 2.38 bits per heavy atom. The average Bonchev–Trinajstić information content (AvgIpc) is 2.63. The molecule has 26 heavy (non-hydrogen) atoms. The first-order chi connectivity index (χ1) is 12.5. The Bertz CT molecular complexity index is 915. The number of anilines is 1. The van der Waals surface area contributed by atoms with Crippen LogP contribution >= 0.6 is 23.8 Å². The molecule has 0 aliphatic heterocycles. The maximum absolute atomic E-state index is 13.3. The van der Waals surface area contributed by atoms with Gasteiger partial charge in [-0.25, -0.2) is 4.39 Å². The zero-order valence-corrected chi connectivity index (χ0v) is 15.7. The number of nitrogens with one attached hydrogen (secondary N) is 2. The van der Waals surface area contributed by atoms with Crippen LogP contribution in [0.3, 0.4) is 0 Å². The lowest BCUT2D eigenvalue weighted by Gasteiger charge is -2.22. The molecule has 0 radical (unpaired) electrons. The van der Waals surface area contributed by atoms with Crippen LogP contribution < -0.4 is 10.6 Å². The van der Waals surface area contributed by atoms with Crippen LogP contribution in [0.2, 0.25) is 5.02 Å². The Kier molecular flexibility index (Phi) is 5.86. The van der Waals surface area contributed by atoms with Gasteiger partial charge >= 0.3 is 0 Å². The first-order valence-corrected chi connectivity index (χ1v) is 8.95. The minimum atomic E-state index is -0.460. The van der Waals surface area contributed by atoms with Gasteiger partial charge in [-0.1, -0.05) is 71.8 Å². The van der Waals surface area contributed by atoms with Gasteiger partial charge in [0.25, 0.3) is 0 Å². The van der Waals surface area contributed by atoms with Crippen molar-refractivity contribution in [3.05, 3.63) is 100 Å². The van der Waals surface area contributed by atoms with E-state index >= 15 is 0 Å². The monoisotopic (exact) mass is 384 g/mol. The molecule has 0 fully saturated rings. The number of halogens is 2. The lowest BCUT2D eigenvalue weighted by atomic mass is 9.97. The Morgan fingerprint density at radius 1 is 0.962 bits per heavy atom. The average molecular weight is 385 g/mol. The van der Waals surface area contributed by atoms with Crippen molar-refractivity contribution >= 4 is 34.6 Å². The molecule has 0 aliphatic rings. The van der Waals surface area contributed by atoms with Crippen LogP contribution in [-0.4, -0.2) is 5.11 Å². The summed E-state index contributed by atoms with van der Waals surface area (Å²) in [5, 5.41) is 6.89. The molecule has 0 aliphatic carbocycles. The molecule has 5 heteroatoms. The van der Waals surface area contributed by atoms with Gasteiger partial charge in [0.2, 0.25) is 0 Å². The molecule has 2 nitrogen and oxygen atoms in total. The van der Waals surface area contributed by atoms with Gasteiger partial charge in [-0.3, -0.25) is 0 Å². The van der Waals surface area contributed by atoms with Gasteiger partial charge in [-0.05, 0) is 48.5 Å². The third-order valence-corrected chi connectivity index (χ3v) is 4.47. The molecule has 0 bridgehead atoms. The minimum absolute atomic E-state index is 0.0519. The molecule has 0 saturated heterocycles. The van der Waals surface area contributed by atoms with Crippen LogP contribution in [0.1, 0.15) is 22.7 Å². The summed E-state index contributed by atoms with van der Waals surface area (Å²) in [6.07, 6.45) is 0. The van der Waals surface area contributed by atoms with Gasteiger partial charge in [0.1, 0.15) is 5.82 Å². The Hall–Kier alpha value is -2.43. The molecule has 1 atom stereocenters. The topological polar surface area (TPSA) is 24.1 Å². The van der Waals surface area contributed by atoms with E-state index in [-0.39, 0.29) is 11.1 Å². The lowest BCUT2D eigenvalue weighted by molar-refractivity contribution is 0.628. The second-order valence-corrected chi connectivity index (χ2v) is 6.80. The second kappa shape index (κ2) is 8.30. The van der Waals surface area contributed by atoms with Crippen LogP contribution in [0, 0.1) is 12.7 Å². The molecule has 0 amide bonds. The van der Waals surface area contributed by atoms with Crippen molar-refractivity contribution in [1.82, 2.24) is 5.32 Å². The maximum atomic E-state index is 13.3. The molecule has 3 aromatic rings. The maximum Gasteiger partial charge on any atom is 0.171 e. The fourth-order valence-corrected chi connectivity index (χ4v) is 3.14. The van der Waals surface area contributed by atoms with Crippen molar-refractivity contribution in [3.8, 4) is 0 Å². The quantitative estimate of drug-likeness (QED) is 0.550. The van der Waals surface area contributed by atoms with Crippen LogP contribution in [0.4, 0.5) is 10.1 Å². The van der Waals surface area contributed by atoms with Crippen molar-refractivity contribution in [2.75, 3.05) is 5.32 Å². The molecule has 0 heterocycles. The molecular weight excluding hydrogens is 367 g/mol. The van der Waals surface area contributed by atoms with E-state index in [1.54, 1.807) is 6.07 Å². The van der Waals surface area contributed by atoms with E-state index in [0.717, 1.165) is 11.1 Å². The van der Waals surface area contributed by atoms with E-state index in [1.165, 1.54) is 17.7 Å². The number of aryl methyl sites for hydroxylation is 1. The summed E-state index contributed by atoms with van der Waals surface area (Å²) in [4.78, 5) is 0. The number of hydrogen-bond acceptors (Lipinski definition) is 1. The predicted octanol–water partition coefficient (Wildman–Crippen LogP) is 5.86. The fraction of sp³-hybridized carbons (Fsp3) is 0.0952. The van der Waals surface area contributed by atoms with Gasteiger partial charge in [0, 0.05) is 5.69 Å². The second-order valence-electron chi connectivity index (χ2n) is 5.99. The fourth-order valence-electron chi connectivity index (χ4n) is 2.73. The van der Waals surface area contributed by atoms with E-state index < -0.39 is 5.82 Å². The summed E-state index contributed by atoms with van der Waals surface area (Å²) in [7, 11) is 0. The van der Waals surface area contributed by atoms with Crippen molar-refractivity contribution in [2.24, 2.45) is 0 Å². The first-order valence-electron chi connectivity index (χ1n) is 8.17. The zero-order valence-electron chi connectivity index (χ0n) is 14.2. The highest BCUT2D eigenvalue weighted by molar-refractivity contribution is 7.80. The van der Waals surface area contributed by atoms with Crippen molar-refractivity contribution in [1.29, 1.82) is 0 Å². The molecule has 0 unspecified atom stereocenters. The van der Waals surface area contributed by atoms with Crippen molar-refractivity contribution in [2.45, 2.75) is 13.0 Å². The smallest absolute Gasteiger partial charge is 0.171 e. The standard InChI is InChI=1S/C21H18ClFN2S/c1-14-6-5-9-16(12-14)20(15-7-3-2-4-8-15)25-21(26)24-17-10-11-19(23)18(22)13-17/h2-13,20H,1H3,(H2,24,25,26)/t20-/m1/s1. The molecule has 132 valence electrons. The van der Waals surface area contributed by atoms with Crippen LogP contribution in [0.15, 0.2) is 72.8 Å². The first kappa shape index (κ1) is 18.4. The predicted molar refractivity (Wildman–Crippen MR) is 110 cm³/mol. The molecule has 0 aromatic heterocycles. The molecule has 2 N–H and O–H groups in total. The Labute approximate surface area is 163 Å². The number of hydrogen-bond donors (Lipinski definition) is 2. The van der Waals surface area contributed by atoms with Crippen LogP contribution in [0.5, 0.6) is 0 Å². The van der Waals surface area contributed by atoms with E-state index in [4.69, 9.17) is 23.8 Å². The largest absolute Gasteiger partial charge is 0.352 e. The lowest BCUT2D eigenvalue weighted by Crippen LogP contribution is -2.33. The molecule has 0 spiro atoms. The summed E-state index contributed by atoms with van der Waals surface area (Å²) >= 11 is 11.3. The summed E-state index contributed by atoms with van der Waals surface area (Å²) in [6, 6.07) is 22.7. The third-order valence-electron chi connectivity index (χ3n) is 3.96. The van der Waals surface area contributed by atoms with Gasteiger partial charge in [0.15, 0.2) is 5.11 Å². The number of benzene rings is 3. The molecular formula is C21H18ClFN2S. The summed E-state index contributed by atoms with van der Waals surface area (Å²) in [5.41, 5.74) is 4.01. The normalized spacial score (nSPS) is 11.7. The van der Waals surface area contributed by atoms with E-state index in [1.807, 2.05) is 24.3 Å². The SMILES string of the molecule is Cc1cccc([C@H](NC(=S)Nc2ccc(F)c(Cl)c2)c2ccccc2)c1. The van der Waals surface area contributed by atoms with Gasteiger partial charge < -0.3 is 10.6 Å². The van der Waals surface area contributed by atoms with E-state index in [0.29, 0.717) is 10.8 Å². The Morgan fingerprint density at radius 2 is 1.69 bits per heavy atom. The van der Waals surface area contributed by atoms with Gasteiger partial charge in [0.05, 0.1) is 11.1 Å². The van der Waals surface area contributed by atoms with Gasteiger partial charge in [-0.15, -0.1) is 0 Å². The molecule has 3 rings (SSSR count). The third kappa shape index (κ3) is 4.59. The zero-order chi connectivity index (χ0) is 18.5. The Balaban J connectivity index is 1.83. The minimum Gasteiger partial charge on any atom is -0.352 e. The highest BCUT2D eigenvalue weighted by atomic mass is 35.5. The van der Waals surface area contributed by atoms with Crippen molar-refractivity contribution < 1.29 is 4.39 Å².